The molecule has 0 heterocycles. The number of benzene rings is 2. The molecule has 1 fully saturated rings. The SMILES string of the molecule is Cc1ccc(C(C)NC(=O)CC2CC(=O)C(c3c(C)cc(C)cc3C)C2=O)cc1. The second kappa shape index (κ2) is 8.32. The van der Waals surface area contributed by atoms with Gasteiger partial charge in [0.2, 0.25) is 5.91 Å². The fourth-order valence-electron chi connectivity index (χ4n) is 4.44. The highest BCUT2D eigenvalue weighted by Crippen LogP contribution is 2.37. The van der Waals surface area contributed by atoms with E-state index >= 15 is 0 Å². The van der Waals surface area contributed by atoms with E-state index in [1.807, 2.05) is 71.0 Å². The standard InChI is InChI=1S/C25H29NO3/c1-14-6-8-19(9-7-14)18(5)26-22(28)13-20-12-21(27)24(25(20)29)23-16(3)10-15(2)11-17(23)4/h6-11,18,20,24H,12-13H2,1-5H3,(H,26,28). The third kappa shape index (κ3) is 4.47. The van der Waals surface area contributed by atoms with E-state index in [1.54, 1.807) is 0 Å². The Bertz CT molecular complexity index is 936. The van der Waals surface area contributed by atoms with Crippen LogP contribution < -0.4 is 5.32 Å². The van der Waals surface area contributed by atoms with Crippen LogP contribution in [-0.4, -0.2) is 17.5 Å². The molecule has 2 aromatic carbocycles. The molecule has 0 radical (unpaired) electrons. The van der Waals surface area contributed by atoms with Crippen LogP contribution in [0, 0.1) is 33.6 Å². The van der Waals surface area contributed by atoms with Crippen LogP contribution >= 0.6 is 0 Å². The lowest BCUT2D eigenvalue weighted by molar-refractivity contribution is -0.128. The number of nitrogens with one attached hydrogen (secondary N) is 1. The molecular weight excluding hydrogens is 362 g/mol. The molecule has 1 amide bonds. The van der Waals surface area contributed by atoms with Gasteiger partial charge in [0.15, 0.2) is 5.78 Å². The smallest absolute Gasteiger partial charge is 0.221 e. The largest absolute Gasteiger partial charge is 0.350 e. The van der Waals surface area contributed by atoms with E-state index in [1.165, 1.54) is 0 Å². The van der Waals surface area contributed by atoms with Gasteiger partial charge in [-0.2, -0.15) is 0 Å². The van der Waals surface area contributed by atoms with Crippen molar-refractivity contribution in [1.82, 2.24) is 5.32 Å². The molecule has 3 atom stereocenters. The lowest BCUT2D eigenvalue weighted by atomic mass is 9.86. The van der Waals surface area contributed by atoms with Crippen molar-refractivity contribution >= 4 is 17.5 Å². The summed E-state index contributed by atoms with van der Waals surface area (Å²) in [7, 11) is 0. The van der Waals surface area contributed by atoms with Gasteiger partial charge in [0.05, 0.1) is 6.04 Å². The molecule has 3 rings (SSSR count). The van der Waals surface area contributed by atoms with Gasteiger partial charge in [0.25, 0.3) is 0 Å². The maximum absolute atomic E-state index is 13.0. The van der Waals surface area contributed by atoms with Gasteiger partial charge < -0.3 is 5.32 Å². The molecular formula is C25H29NO3. The van der Waals surface area contributed by atoms with Crippen LogP contribution in [0.3, 0.4) is 0 Å². The summed E-state index contributed by atoms with van der Waals surface area (Å²) in [5.41, 5.74) is 6.04. The summed E-state index contributed by atoms with van der Waals surface area (Å²) in [5.74, 6) is -1.67. The number of hydrogen-bond donors (Lipinski definition) is 1. The minimum Gasteiger partial charge on any atom is -0.350 e. The zero-order valence-corrected chi connectivity index (χ0v) is 17.8. The summed E-state index contributed by atoms with van der Waals surface area (Å²) in [5, 5.41) is 2.96. The first kappa shape index (κ1) is 21.0. The molecule has 4 heteroatoms. The van der Waals surface area contributed by atoms with E-state index < -0.39 is 11.8 Å². The van der Waals surface area contributed by atoms with Gasteiger partial charge in [-0.3, -0.25) is 14.4 Å². The fraction of sp³-hybridized carbons (Fsp3) is 0.400. The molecule has 152 valence electrons. The molecule has 1 N–H and O–H groups in total. The van der Waals surface area contributed by atoms with Gasteiger partial charge in [-0.1, -0.05) is 47.5 Å². The van der Waals surface area contributed by atoms with Crippen molar-refractivity contribution in [2.45, 2.75) is 59.4 Å². The van der Waals surface area contributed by atoms with Crippen molar-refractivity contribution in [2.75, 3.05) is 0 Å². The van der Waals surface area contributed by atoms with Crippen LogP contribution in [0.1, 0.15) is 65.1 Å². The van der Waals surface area contributed by atoms with E-state index in [2.05, 4.69) is 5.32 Å². The average molecular weight is 392 g/mol. The number of carbonyl (C=O) groups excluding carboxylic acids is 3. The highest BCUT2D eigenvalue weighted by molar-refractivity contribution is 6.15. The molecule has 0 aromatic heterocycles. The van der Waals surface area contributed by atoms with Crippen molar-refractivity contribution in [2.24, 2.45) is 5.92 Å². The summed E-state index contributed by atoms with van der Waals surface area (Å²) < 4.78 is 0. The van der Waals surface area contributed by atoms with Gasteiger partial charge in [0.1, 0.15) is 11.7 Å². The van der Waals surface area contributed by atoms with Crippen LogP contribution in [-0.2, 0) is 14.4 Å². The topological polar surface area (TPSA) is 63.2 Å². The monoisotopic (exact) mass is 391 g/mol. The van der Waals surface area contributed by atoms with Crippen LogP contribution in [0.5, 0.6) is 0 Å². The second-order valence-corrected chi connectivity index (χ2v) is 8.42. The summed E-state index contributed by atoms with van der Waals surface area (Å²) in [4.78, 5) is 38.3. The van der Waals surface area contributed by atoms with Crippen LogP contribution in [0.15, 0.2) is 36.4 Å². The molecule has 1 aliphatic rings. The number of ketones is 2. The average Bonchev–Trinajstić information content (AvgIpc) is 2.89. The van der Waals surface area contributed by atoms with Crippen molar-refractivity contribution in [3.05, 3.63) is 69.8 Å². The molecule has 0 spiro atoms. The second-order valence-electron chi connectivity index (χ2n) is 8.42. The highest BCUT2D eigenvalue weighted by Gasteiger charge is 2.43. The van der Waals surface area contributed by atoms with E-state index in [-0.39, 0.29) is 36.4 Å². The number of amides is 1. The van der Waals surface area contributed by atoms with Crippen molar-refractivity contribution < 1.29 is 14.4 Å². The lowest BCUT2D eigenvalue weighted by Crippen LogP contribution is -2.29. The first-order valence-electron chi connectivity index (χ1n) is 10.2. The molecule has 0 aliphatic heterocycles. The highest BCUT2D eigenvalue weighted by atomic mass is 16.2. The maximum Gasteiger partial charge on any atom is 0.221 e. The third-order valence-corrected chi connectivity index (χ3v) is 5.87. The number of Topliss-reactive ketones (excluding diaryl/α,β-unsaturated/α-hetero) is 2. The fourth-order valence-corrected chi connectivity index (χ4v) is 4.44. The number of rotatable bonds is 5. The first-order valence-corrected chi connectivity index (χ1v) is 10.2. The van der Waals surface area contributed by atoms with Crippen LogP contribution in [0.25, 0.3) is 0 Å². The molecule has 3 unspecified atom stereocenters. The van der Waals surface area contributed by atoms with Gasteiger partial charge in [-0.25, -0.2) is 0 Å². The molecule has 4 nitrogen and oxygen atoms in total. The molecule has 1 saturated carbocycles. The van der Waals surface area contributed by atoms with Gasteiger partial charge >= 0.3 is 0 Å². The van der Waals surface area contributed by atoms with Gasteiger partial charge in [-0.05, 0) is 56.9 Å². The van der Waals surface area contributed by atoms with E-state index in [4.69, 9.17) is 0 Å². The van der Waals surface area contributed by atoms with Gasteiger partial charge in [0, 0.05) is 18.8 Å². The minimum atomic E-state index is -0.733. The molecule has 2 aromatic rings. The van der Waals surface area contributed by atoms with Crippen molar-refractivity contribution in [3.8, 4) is 0 Å². The summed E-state index contributed by atoms with van der Waals surface area (Å²) >= 11 is 0. The Morgan fingerprint density at radius 3 is 2.17 bits per heavy atom. The van der Waals surface area contributed by atoms with Crippen LogP contribution in [0.4, 0.5) is 0 Å². The summed E-state index contributed by atoms with van der Waals surface area (Å²) in [6, 6.07) is 11.9. The molecule has 1 aliphatic carbocycles. The predicted molar refractivity (Wildman–Crippen MR) is 114 cm³/mol. The summed E-state index contributed by atoms with van der Waals surface area (Å²) in [6.07, 6.45) is 0.198. The normalized spacial score (nSPS) is 20.0. The van der Waals surface area contributed by atoms with E-state index in [0.29, 0.717) is 0 Å². The Balaban J connectivity index is 1.70. The number of hydrogen-bond acceptors (Lipinski definition) is 3. The van der Waals surface area contributed by atoms with Gasteiger partial charge in [-0.15, -0.1) is 0 Å². The Labute approximate surface area is 172 Å². The van der Waals surface area contributed by atoms with Crippen LogP contribution in [0.2, 0.25) is 0 Å². The Hall–Kier alpha value is -2.75. The number of aryl methyl sites for hydroxylation is 4. The lowest BCUT2D eigenvalue weighted by Gasteiger charge is -2.17. The Morgan fingerprint density at radius 1 is 1.00 bits per heavy atom. The number of carbonyl (C=O) groups is 3. The first-order chi connectivity index (χ1) is 13.7. The molecule has 0 bridgehead atoms. The Morgan fingerprint density at radius 2 is 1.59 bits per heavy atom. The van der Waals surface area contributed by atoms with E-state index in [0.717, 1.165) is 33.4 Å². The zero-order valence-electron chi connectivity index (χ0n) is 17.8. The van der Waals surface area contributed by atoms with Crippen molar-refractivity contribution in [1.29, 1.82) is 0 Å². The van der Waals surface area contributed by atoms with E-state index in [9.17, 15) is 14.4 Å². The molecule has 0 saturated heterocycles. The predicted octanol–water partition coefficient (Wildman–Crippen LogP) is 4.43. The maximum atomic E-state index is 13.0. The summed E-state index contributed by atoms with van der Waals surface area (Å²) in [6.45, 7) is 9.83. The Kier molecular flexibility index (Phi) is 6.02. The zero-order chi connectivity index (χ0) is 21.3. The quantitative estimate of drug-likeness (QED) is 0.767. The third-order valence-electron chi connectivity index (χ3n) is 5.87. The minimum absolute atomic E-state index is 0.0568. The van der Waals surface area contributed by atoms with Crippen molar-refractivity contribution in [3.63, 3.8) is 0 Å². The molecule has 29 heavy (non-hydrogen) atoms.